The zero-order valence-corrected chi connectivity index (χ0v) is 18.6. The van der Waals surface area contributed by atoms with Gasteiger partial charge in [0.05, 0.1) is 5.41 Å². The molecule has 0 aliphatic carbocycles. The summed E-state index contributed by atoms with van der Waals surface area (Å²) in [5, 5.41) is 8.25. The zero-order valence-electron chi connectivity index (χ0n) is 18.6. The van der Waals surface area contributed by atoms with Gasteiger partial charge < -0.3 is 14.8 Å². The number of carbonyl (C=O) groups is 1. The van der Waals surface area contributed by atoms with Crippen LogP contribution in [0.1, 0.15) is 38.8 Å². The van der Waals surface area contributed by atoms with Crippen LogP contribution in [0.2, 0.25) is 0 Å². The molecule has 156 valence electrons. The Hall–Kier alpha value is -3.14. The first-order valence-corrected chi connectivity index (χ1v) is 10.2. The average molecular weight is 403 g/mol. The van der Waals surface area contributed by atoms with Crippen LogP contribution in [0, 0.1) is 0 Å². The summed E-state index contributed by atoms with van der Waals surface area (Å²) in [5.41, 5.74) is 8.09. The molecular weight excluding hydrogens is 372 g/mol. The quantitative estimate of drug-likeness (QED) is 0.565. The molecule has 2 aromatic carbocycles. The van der Waals surface area contributed by atoms with Gasteiger partial charge in [0.25, 0.3) is 0 Å². The van der Waals surface area contributed by atoms with Gasteiger partial charge in [0, 0.05) is 48.0 Å². The van der Waals surface area contributed by atoms with Crippen molar-refractivity contribution >= 4 is 23.6 Å². The van der Waals surface area contributed by atoms with Gasteiger partial charge in [-0.05, 0) is 31.6 Å². The minimum absolute atomic E-state index is 0.0143. The smallest absolute Gasteiger partial charge is 0.209 e. The van der Waals surface area contributed by atoms with Gasteiger partial charge in [0.2, 0.25) is 5.69 Å². The summed E-state index contributed by atoms with van der Waals surface area (Å²) in [4.78, 5) is 10.6. The van der Waals surface area contributed by atoms with Crippen molar-refractivity contribution in [2.45, 2.75) is 38.5 Å². The van der Waals surface area contributed by atoms with E-state index in [0.29, 0.717) is 0 Å². The molecule has 0 radical (unpaired) electrons. The second-order valence-electron chi connectivity index (χ2n) is 8.79. The lowest BCUT2D eigenvalue weighted by molar-refractivity contribution is -0.401. The fraction of sp³-hybridized carbons (Fsp3) is 0.308. The molecule has 2 aromatic rings. The number of para-hydroxylation sites is 2. The number of carbonyl (C=O) groups excluding carboxylic acids is 1. The lowest BCUT2D eigenvalue weighted by Gasteiger charge is -2.23. The standard InChI is InChI=1S/C25H29N2.CH2O2/c1-24(2)18-12-7-9-14-20(18)26(5)22(24)16-11-17-23-25(3,4)19-13-8-10-15-21(19)27(23)6;2-1-3/h7-17H,1-6H3;1H,(H,2,3)/q+1;/p-1. The second kappa shape index (κ2) is 7.94. The highest BCUT2D eigenvalue weighted by molar-refractivity contribution is 6.03. The van der Waals surface area contributed by atoms with Crippen LogP contribution in [0.25, 0.3) is 0 Å². The summed E-state index contributed by atoms with van der Waals surface area (Å²) in [6, 6.07) is 17.4. The minimum atomic E-state index is -0.500. The fourth-order valence-electron chi connectivity index (χ4n) is 4.83. The first-order chi connectivity index (χ1) is 14.2. The Bertz CT molecular complexity index is 1060. The SMILES string of the molecule is CN1/C(=C\C=C\C2=[N+](C)c3ccccc3C2(C)C)C(C)(C)c2ccccc21.O=C[O-]. The Morgan fingerprint density at radius 1 is 0.933 bits per heavy atom. The molecule has 4 nitrogen and oxygen atoms in total. The highest BCUT2D eigenvalue weighted by atomic mass is 16.3. The molecule has 0 bridgehead atoms. The number of anilines is 1. The Kier molecular flexibility index (Phi) is 5.71. The van der Waals surface area contributed by atoms with Gasteiger partial charge in [-0.3, -0.25) is 0 Å². The summed E-state index contributed by atoms with van der Waals surface area (Å²) < 4.78 is 2.32. The van der Waals surface area contributed by atoms with Crippen molar-refractivity contribution in [3.8, 4) is 0 Å². The molecule has 4 heteroatoms. The first kappa shape index (κ1) is 21.6. The van der Waals surface area contributed by atoms with E-state index in [1.54, 1.807) is 0 Å². The van der Waals surface area contributed by atoms with Gasteiger partial charge >= 0.3 is 0 Å². The number of rotatable bonds is 2. The van der Waals surface area contributed by atoms with Crippen LogP contribution in [0.4, 0.5) is 11.4 Å². The van der Waals surface area contributed by atoms with E-state index in [0.717, 1.165) is 0 Å². The fourth-order valence-corrected chi connectivity index (χ4v) is 4.83. The summed E-state index contributed by atoms with van der Waals surface area (Å²) in [5.74, 6) is 0. The summed E-state index contributed by atoms with van der Waals surface area (Å²) in [6.45, 7) is 8.74. The van der Waals surface area contributed by atoms with E-state index in [2.05, 4.69) is 118 Å². The number of hydrogen-bond acceptors (Lipinski definition) is 3. The number of carboxylic acid groups (broad SMARTS) is 1. The van der Waals surface area contributed by atoms with Crippen LogP contribution < -0.4 is 10.0 Å². The highest BCUT2D eigenvalue weighted by Gasteiger charge is 2.42. The highest BCUT2D eigenvalue weighted by Crippen LogP contribution is 2.46. The lowest BCUT2D eigenvalue weighted by atomic mass is 9.81. The van der Waals surface area contributed by atoms with Gasteiger partial charge in [0.15, 0.2) is 5.71 Å². The van der Waals surface area contributed by atoms with Crippen LogP contribution in [-0.2, 0) is 15.6 Å². The summed E-state index contributed by atoms with van der Waals surface area (Å²) in [7, 11) is 4.34. The van der Waals surface area contributed by atoms with E-state index in [9.17, 15) is 0 Å². The van der Waals surface area contributed by atoms with E-state index >= 15 is 0 Å². The maximum atomic E-state index is 8.25. The van der Waals surface area contributed by atoms with E-state index in [4.69, 9.17) is 9.90 Å². The van der Waals surface area contributed by atoms with Crippen molar-refractivity contribution in [2.24, 2.45) is 0 Å². The normalized spacial score (nSPS) is 19.5. The third-order valence-corrected chi connectivity index (χ3v) is 6.39. The largest absolute Gasteiger partial charge is 0.554 e. The number of allylic oxidation sites excluding steroid dienone is 4. The molecular formula is C26H30N2O2. The third-order valence-electron chi connectivity index (χ3n) is 6.39. The number of likely N-dealkylation sites (N-methyl/N-ethyl adjacent to an activating group) is 1. The van der Waals surface area contributed by atoms with Crippen molar-refractivity contribution in [3.63, 3.8) is 0 Å². The van der Waals surface area contributed by atoms with Crippen molar-refractivity contribution < 1.29 is 14.5 Å². The van der Waals surface area contributed by atoms with E-state index in [1.807, 2.05) is 0 Å². The van der Waals surface area contributed by atoms with Crippen LogP contribution >= 0.6 is 0 Å². The van der Waals surface area contributed by atoms with E-state index in [-0.39, 0.29) is 10.8 Å². The topological polar surface area (TPSA) is 46.4 Å². The Morgan fingerprint density at radius 2 is 1.50 bits per heavy atom. The molecule has 2 aliphatic heterocycles. The van der Waals surface area contributed by atoms with Gasteiger partial charge in [0.1, 0.15) is 7.05 Å². The van der Waals surface area contributed by atoms with E-state index in [1.165, 1.54) is 33.9 Å². The number of hydrogen-bond donors (Lipinski definition) is 0. The van der Waals surface area contributed by atoms with Gasteiger partial charge in [-0.25, -0.2) is 0 Å². The molecule has 0 aromatic heterocycles. The third kappa shape index (κ3) is 3.36. The van der Waals surface area contributed by atoms with Crippen molar-refractivity contribution in [1.29, 1.82) is 0 Å². The van der Waals surface area contributed by atoms with Crippen LogP contribution in [0.3, 0.4) is 0 Å². The molecule has 0 atom stereocenters. The monoisotopic (exact) mass is 402 g/mol. The number of nitrogens with zero attached hydrogens (tertiary/aromatic N) is 2. The molecule has 0 amide bonds. The zero-order chi connectivity index (χ0) is 22.1. The molecule has 4 rings (SSSR count). The molecule has 0 unspecified atom stereocenters. The first-order valence-electron chi connectivity index (χ1n) is 10.2. The molecule has 30 heavy (non-hydrogen) atoms. The van der Waals surface area contributed by atoms with Gasteiger partial charge in [-0.2, -0.15) is 4.58 Å². The average Bonchev–Trinajstić information content (AvgIpc) is 3.03. The summed E-state index contributed by atoms with van der Waals surface area (Å²) >= 11 is 0. The van der Waals surface area contributed by atoms with Gasteiger partial charge in [-0.1, -0.05) is 56.3 Å². The van der Waals surface area contributed by atoms with Gasteiger partial charge in [-0.15, -0.1) is 0 Å². The van der Waals surface area contributed by atoms with Crippen molar-refractivity contribution in [3.05, 3.63) is 83.6 Å². The van der Waals surface area contributed by atoms with Crippen LogP contribution in [-0.4, -0.2) is 30.9 Å². The molecule has 0 spiro atoms. The Labute approximate surface area is 179 Å². The summed E-state index contributed by atoms with van der Waals surface area (Å²) in [6.07, 6.45) is 6.78. The predicted octanol–water partition coefficient (Wildman–Crippen LogP) is 3.93. The van der Waals surface area contributed by atoms with Crippen molar-refractivity contribution in [1.82, 2.24) is 0 Å². The Balaban J connectivity index is 0.000000806. The molecule has 2 heterocycles. The number of fused-ring (bicyclic) bond motifs is 2. The maximum Gasteiger partial charge on any atom is 0.209 e. The maximum absolute atomic E-state index is 8.25. The van der Waals surface area contributed by atoms with Crippen LogP contribution in [0.5, 0.6) is 0 Å². The molecule has 0 saturated heterocycles. The molecule has 0 N–H and O–H groups in total. The second-order valence-corrected chi connectivity index (χ2v) is 8.79. The Morgan fingerprint density at radius 3 is 2.10 bits per heavy atom. The molecule has 2 aliphatic rings. The molecule has 0 fully saturated rings. The number of benzene rings is 2. The lowest BCUT2D eigenvalue weighted by Crippen LogP contribution is -2.26. The van der Waals surface area contributed by atoms with Crippen LogP contribution in [0.15, 0.2) is 72.5 Å². The minimum Gasteiger partial charge on any atom is -0.554 e. The van der Waals surface area contributed by atoms with Crippen molar-refractivity contribution in [2.75, 3.05) is 19.0 Å². The predicted molar refractivity (Wildman–Crippen MR) is 121 cm³/mol. The molecule has 0 saturated carbocycles. The van der Waals surface area contributed by atoms with E-state index < -0.39 is 6.47 Å².